The Bertz CT molecular complexity index is 455. The Hall–Kier alpha value is -1.23. The lowest BCUT2D eigenvalue weighted by atomic mass is 10.2. The Morgan fingerprint density at radius 3 is 2.65 bits per heavy atom. The van der Waals surface area contributed by atoms with E-state index in [1.165, 1.54) is 0 Å². The summed E-state index contributed by atoms with van der Waals surface area (Å²) in [6.07, 6.45) is 1.79. The van der Waals surface area contributed by atoms with Gasteiger partial charge in [0.15, 0.2) is 0 Å². The van der Waals surface area contributed by atoms with Crippen molar-refractivity contribution in [3.05, 3.63) is 23.9 Å². The van der Waals surface area contributed by atoms with Gasteiger partial charge >= 0.3 is 6.03 Å². The summed E-state index contributed by atoms with van der Waals surface area (Å²) in [4.78, 5) is 17.9. The quantitative estimate of drug-likeness (QED) is 0.864. The molecule has 20 heavy (non-hydrogen) atoms. The predicted molar refractivity (Wildman–Crippen MR) is 85.0 cm³/mol. The van der Waals surface area contributed by atoms with Gasteiger partial charge in [-0.3, -0.25) is 0 Å². The molecule has 0 aliphatic carbocycles. The Labute approximate surface area is 126 Å². The van der Waals surface area contributed by atoms with Crippen molar-refractivity contribution in [1.82, 2.24) is 15.2 Å². The summed E-state index contributed by atoms with van der Waals surface area (Å²) >= 11 is 1.73. The van der Waals surface area contributed by atoms with Crippen LogP contribution in [0.25, 0.3) is 0 Å². The molecule has 1 rings (SSSR count). The molecule has 0 saturated carbocycles. The highest BCUT2D eigenvalue weighted by Crippen LogP contribution is 2.30. The van der Waals surface area contributed by atoms with E-state index in [0.717, 1.165) is 10.6 Å². The summed E-state index contributed by atoms with van der Waals surface area (Å²) < 4.78 is 0.132. The van der Waals surface area contributed by atoms with E-state index < -0.39 is 0 Å². The molecule has 1 heterocycles. The van der Waals surface area contributed by atoms with E-state index in [1.54, 1.807) is 29.9 Å². The topological polar surface area (TPSA) is 45.2 Å². The molecule has 112 valence electrons. The minimum absolute atomic E-state index is 0.0539. The molecule has 0 saturated heterocycles. The summed E-state index contributed by atoms with van der Waals surface area (Å²) in [6, 6.07) is 4.11. The average molecular weight is 295 g/mol. The molecule has 0 aliphatic heterocycles. The molecule has 0 fully saturated rings. The number of thioether (sulfide) groups is 1. The monoisotopic (exact) mass is 295 g/mol. The number of carbonyl (C=O) groups is 1. The van der Waals surface area contributed by atoms with Crippen LogP contribution >= 0.6 is 11.8 Å². The number of carbonyl (C=O) groups excluding carboxylic acids is 1. The van der Waals surface area contributed by atoms with Crippen molar-refractivity contribution in [3.8, 4) is 0 Å². The Balaban J connectivity index is 2.61. The molecule has 2 amide bonds. The lowest BCUT2D eigenvalue weighted by molar-refractivity contribution is 0.197. The van der Waals surface area contributed by atoms with Crippen LogP contribution in [0.15, 0.2) is 23.4 Å². The van der Waals surface area contributed by atoms with Crippen molar-refractivity contribution in [2.24, 2.45) is 0 Å². The molecule has 0 aromatic carbocycles. The largest absolute Gasteiger partial charge is 0.334 e. The molecule has 1 N–H and O–H groups in total. The van der Waals surface area contributed by atoms with Gasteiger partial charge in [-0.25, -0.2) is 9.78 Å². The second-order valence-corrected chi connectivity index (χ2v) is 7.93. The number of urea groups is 1. The normalized spacial score (nSPS) is 11.6. The number of aromatic nitrogens is 1. The zero-order chi connectivity index (χ0) is 15.3. The Morgan fingerprint density at radius 2 is 2.10 bits per heavy atom. The second kappa shape index (κ2) is 6.97. The van der Waals surface area contributed by atoms with E-state index in [9.17, 15) is 4.79 Å². The number of pyridine rings is 1. The molecular weight excluding hydrogens is 270 g/mol. The zero-order valence-corrected chi connectivity index (χ0v) is 14.0. The van der Waals surface area contributed by atoms with Crippen molar-refractivity contribution in [2.45, 2.75) is 57.0 Å². The van der Waals surface area contributed by atoms with Crippen molar-refractivity contribution in [2.75, 3.05) is 7.05 Å². The van der Waals surface area contributed by atoms with Crippen LogP contribution < -0.4 is 5.32 Å². The van der Waals surface area contributed by atoms with Crippen molar-refractivity contribution < 1.29 is 4.79 Å². The minimum atomic E-state index is -0.0539. The van der Waals surface area contributed by atoms with Crippen LogP contribution in [0.1, 0.15) is 40.2 Å². The number of amides is 2. The van der Waals surface area contributed by atoms with Gasteiger partial charge in [-0.2, -0.15) is 0 Å². The predicted octanol–water partition coefficient (Wildman–Crippen LogP) is 3.52. The lowest BCUT2D eigenvalue weighted by Gasteiger charge is -2.22. The summed E-state index contributed by atoms with van der Waals surface area (Å²) in [5, 5.41) is 3.91. The van der Waals surface area contributed by atoms with E-state index in [2.05, 4.69) is 31.1 Å². The molecule has 1 aromatic rings. The molecule has 0 bridgehead atoms. The molecule has 0 radical (unpaired) electrons. The van der Waals surface area contributed by atoms with Gasteiger partial charge in [0.2, 0.25) is 0 Å². The van der Waals surface area contributed by atoms with Gasteiger partial charge in [-0.05, 0) is 31.5 Å². The molecule has 0 spiro atoms. The van der Waals surface area contributed by atoms with Crippen molar-refractivity contribution in [1.29, 1.82) is 0 Å². The maximum Gasteiger partial charge on any atom is 0.317 e. The van der Waals surface area contributed by atoms with E-state index in [-0.39, 0.29) is 16.8 Å². The first-order valence-electron chi connectivity index (χ1n) is 6.83. The highest BCUT2D eigenvalue weighted by Gasteiger charge is 2.14. The molecule has 0 atom stereocenters. The third-order valence-corrected chi connectivity index (χ3v) is 3.79. The number of hydrogen-bond donors (Lipinski definition) is 1. The number of rotatable bonds is 4. The van der Waals surface area contributed by atoms with Gasteiger partial charge in [-0.1, -0.05) is 20.8 Å². The molecule has 1 aromatic heterocycles. The van der Waals surface area contributed by atoms with Crippen LogP contribution in [0.3, 0.4) is 0 Å². The average Bonchev–Trinajstić information content (AvgIpc) is 2.33. The van der Waals surface area contributed by atoms with Gasteiger partial charge < -0.3 is 10.2 Å². The van der Waals surface area contributed by atoms with Crippen LogP contribution in [-0.4, -0.2) is 33.8 Å². The van der Waals surface area contributed by atoms with Gasteiger partial charge in [-0.15, -0.1) is 11.8 Å². The highest BCUT2D eigenvalue weighted by atomic mass is 32.2. The summed E-state index contributed by atoms with van der Waals surface area (Å²) in [6.45, 7) is 11.0. The summed E-state index contributed by atoms with van der Waals surface area (Å²) in [5.41, 5.74) is 1.07. The number of nitrogens with zero attached hydrogens (tertiary/aromatic N) is 2. The Kier molecular flexibility index (Phi) is 5.87. The first-order valence-corrected chi connectivity index (χ1v) is 7.65. The molecule has 0 aliphatic rings. The third kappa shape index (κ3) is 5.82. The molecule has 5 heteroatoms. The number of nitrogens with one attached hydrogen (secondary N) is 1. The fourth-order valence-corrected chi connectivity index (χ4v) is 2.42. The maximum atomic E-state index is 11.9. The van der Waals surface area contributed by atoms with Gasteiger partial charge in [0.25, 0.3) is 0 Å². The summed E-state index contributed by atoms with van der Waals surface area (Å²) in [5.74, 6) is 0. The number of hydrogen-bond acceptors (Lipinski definition) is 3. The van der Waals surface area contributed by atoms with E-state index in [4.69, 9.17) is 0 Å². The highest BCUT2D eigenvalue weighted by molar-refractivity contribution is 8.00. The van der Waals surface area contributed by atoms with E-state index >= 15 is 0 Å². The summed E-state index contributed by atoms with van der Waals surface area (Å²) in [7, 11) is 1.80. The Morgan fingerprint density at radius 1 is 1.45 bits per heavy atom. The SMILES string of the molecule is CC(C)N(C)C(=O)NCc1ccnc(SC(C)(C)C)c1. The van der Waals surface area contributed by atoms with Crippen LogP contribution in [0, 0.1) is 0 Å². The van der Waals surface area contributed by atoms with Crippen molar-refractivity contribution >= 4 is 17.8 Å². The van der Waals surface area contributed by atoms with E-state index in [0.29, 0.717) is 6.54 Å². The molecule has 4 nitrogen and oxygen atoms in total. The fourth-order valence-electron chi connectivity index (χ4n) is 1.47. The van der Waals surface area contributed by atoms with Gasteiger partial charge in [0.1, 0.15) is 0 Å². The smallest absolute Gasteiger partial charge is 0.317 e. The van der Waals surface area contributed by atoms with Crippen LogP contribution in [0.5, 0.6) is 0 Å². The van der Waals surface area contributed by atoms with Gasteiger partial charge in [0.05, 0.1) is 5.03 Å². The van der Waals surface area contributed by atoms with Crippen molar-refractivity contribution in [3.63, 3.8) is 0 Å². The fraction of sp³-hybridized carbons (Fsp3) is 0.600. The standard InChI is InChI=1S/C15H25N3OS/c1-11(2)18(6)14(19)17-10-12-7-8-16-13(9-12)20-15(3,4)5/h7-9,11H,10H2,1-6H3,(H,17,19). The van der Waals surface area contributed by atoms with Crippen LogP contribution in [0.2, 0.25) is 0 Å². The van der Waals surface area contributed by atoms with Crippen LogP contribution in [0.4, 0.5) is 4.79 Å². The molecule has 0 unspecified atom stereocenters. The molecular formula is C15H25N3OS. The minimum Gasteiger partial charge on any atom is -0.334 e. The zero-order valence-electron chi connectivity index (χ0n) is 13.2. The second-order valence-electron chi connectivity index (χ2n) is 6.08. The van der Waals surface area contributed by atoms with Crippen LogP contribution in [-0.2, 0) is 6.54 Å². The third-order valence-electron chi connectivity index (χ3n) is 2.75. The first-order chi connectivity index (χ1) is 9.19. The maximum absolute atomic E-state index is 11.9. The first kappa shape index (κ1) is 16.8. The van der Waals surface area contributed by atoms with E-state index in [1.807, 2.05) is 26.0 Å². The van der Waals surface area contributed by atoms with Gasteiger partial charge in [0, 0.05) is 30.6 Å². The lowest BCUT2D eigenvalue weighted by Crippen LogP contribution is -2.40.